The third-order valence-corrected chi connectivity index (χ3v) is 6.21. The molecule has 1 saturated heterocycles. The number of carbonyl (C=O) groups is 1. The van der Waals surface area contributed by atoms with Gasteiger partial charge in [-0.15, -0.1) is 22.7 Å². The predicted octanol–water partition coefficient (Wildman–Crippen LogP) is 3.94. The van der Waals surface area contributed by atoms with Gasteiger partial charge in [-0.2, -0.15) is 0 Å². The molecule has 98 valence electrons. The fraction of sp³-hybridized carbons (Fsp3) is 0.308. The fourth-order valence-electron chi connectivity index (χ4n) is 2.62. The summed E-state index contributed by atoms with van der Waals surface area (Å²) in [4.78, 5) is 16.0. The van der Waals surface area contributed by atoms with Gasteiger partial charge in [0.25, 0.3) is 5.79 Å². The second kappa shape index (κ2) is 3.99. The summed E-state index contributed by atoms with van der Waals surface area (Å²) >= 11 is 6.78. The van der Waals surface area contributed by atoms with Gasteiger partial charge >= 0.3 is 0 Å². The van der Waals surface area contributed by atoms with Crippen LogP contribution in [0, 0.1) is 6.92 Å². The van der Waals surface area contributed by atoms with Crippen molar-refractivity contribution in [2.24, 2.45) is 0 Å². The highest BCUT2D eigenvalue weighted by Crippen LogP contribution is 2.53. The summed E-state index contributed by atoms with van der Waals surface area (Å²) < 4.78 is 12.4. The van der Waals surface area contributed by atoms with Crippen LogP contribution < -0.4 is 0 Å². The van der Waals surface area contributed by atoms with Crippen molar-refractivity contribution in [1.29, 1.82) is 0 Å². The molecular formula is C13H9BrO3S2. The zero-order valence-corrected chi connectivity index (χ0v) is 13.2. The van der Waals surface area contributed by atoms with Crippen LogP contribution in [0.4, 0.5) is 0 Å². The first-order chi connectivity index (χ1) is 9.12. The molecule has 1 fully saturated rings. The Balaban J connectivity index is 2.06. The number of hydrogen-bond donors (Lipinski definition) is 0. The first-order valence-electron chi connectivity index (χ1n) is 5.85. The molecule has 0 aromatic carbocycles. The highest BCUT2D eigenvalue weighted by molar-refractivity contribution is 9.11. The van der Waals surface area contributed by atoms with Gasteiger partial charge in [0.2, 0.25) is 5.78 Å². The summed E-state index contributed by atoms with van der Waals surface area (Å²) in [6.45, 7) is 2.93. The maximum Gasteiger partial charge on any atom is 0.263 e. The Morgan fingerprint density at radius 1 is 1.21 bits per heavy atom. The Bertz CT molecular complexity index is 695. The fourth-order valence-corrected chi connectivity index (χ4v) is 5.43. The van der Waals surface area contributed by atoms with Crippen molar-refractivity contribution in [2.75, 3.05) is 13.2 Å². The normalized spacial score (nSPS) is 19.8. The SMILES string of the molecule is Cc1cc2c(s1)-c1sc(Br)cc1C1(OCCO1)C2=O. The molecule has 0 atom stereocenters. The van der Waals surface area contributed by atoms with Gasteiger partial charge in [-0.1, -0.05) is 0 Å². The molecule has 0 bridgehead atoms. The summed E-state index contributed by atoms with van der Waals surface area (Å²) in [5.41, 5.74) is 1.58. The quantitative estimate of drug-likeness (QED) is 0.716. The number of carbonyl (C=O) groups excluding carboxylic acids is 1. The molecule has 0 N–H and O–H groups in total. The number of fused-ring (bicyclic) bond motifs is 4. The van der Waals surface area contributed by atoms with E-state index in [1.54, 1.807) is 22.7 Å². The van der Waals surface area contributed by atoms with Crippen molar-refractivity contribution in [1.82, 2.24) is 0 Å². The first-order valence-corrected chi connectivity index (χ1v) is 8.28. The molecule has 0 amide bonds. The molecule has 1 aliphatic heterocycles. The smallest absolute Gasteiger partial charge is 0.263 e. The lowest BCUT2D eigenvalue weighted by molar-refractivity contribution is -0.126. The number of hydrogen-bond acceptors (Lipinski definition) is 5. The molecule has 3 heterocycles. The van der Waals surface area contributed by atoms with E-state index in [2.05, 4.69) is 15.9 Å². The molecule has 2 aromatic heterocycles. The molecule has 1 spiro atoms. The van der Waals surface area contributed by atoms with Crippen LogP contribution in [0.1, 0.15) is 20.8 Å². The lowest BCUT2D eigenvalue weighted by Crippen LogP contribution is -2.39. The van der Waals surface area contributed by atoms with E-state index >= 15 is 0 Å². The monoisotopic (exact) mass is 356 g/mol. The molecule has 0 unspecified atom stereocenters. The van der Waals surface area contributed by atoms with E-state index in [0.29, 0.717) is 13.2 Å². The van der Waals surface area contributed by atoms with Crippen LogP contribution in [0.15, 0.2) is 15.9 Å². The van der Waals surface area contributed by atoms with Crippen molar-refractivity contribution in [3.63, 3.8) is 0 Å². The van der Waals surface area contributed by atoms with Gasteiger partial charge in [-0.25, -0.2) is 0 Å². The average Bonchev–Trinajstić information content (AvgIpc) is 3.04. The summed E-state index contributed by atoms with van der Waals surface area (Å²) in [6, 6.07) is 3.88. The Hall–Kier alpha value is -0.530. The van der Waals surface area contributed by atoms with Crippen LogP contribution in [-0.4, -0.2) is 19.0 Å². The average molecular weight is 357 g/mol. The van der Waals surface area contributed by atoms with E-state index in [1.807, 2.05) is 19.1 Å². The number of halogens is 1. The van der Waals surface area contributed by atoms with Crippen molar-refractivity contribution in [2.45, 2.75) is 12.7 Å². The van der Waals surface area contributed by atoms with E-state index in [-0.39, 0.29) is 5.78 Å². The minimum atomic E-state index is -1.21. The minimum Gasteiger partial charge on any atom is -0.337 e. The van der Waals surface area contributed by atoms with Crippen LogP contribution in [-0.2, 0) is 15.3 Å². The molecule has 0 radical (unpaired) electrons. The molecule has 0 saturated carbocycles. The van der Waals surface area contributed by atoms with Gasteiger partial charge in [0.1, 0.15) is 0 Å². The second-order valence-electron chi connectivity index (χ2n) is 4.54. The summed E-state index contributed by atoms with van der Waals surface area (Å²) in [5.74, 6) is -1.28. The number of ketones is 1. The van der Waals surface area contributed by atoms with E-state index in [1.165, 1.54) is 0 Å². The van der Waals surface area contributed by atoms with Crippen molar-refractivity contribution >= 4 is 44.4 Å². The van der Waals surface area contributed by atoms with Crippen LogP contribution in [0.3, 0.4) is 0 Å². The van der Waals surface area contributed by atoms with Crippen LogP contribution >= 0.6 is 38.6 Å². The Kier molecular flexibility index (Phi) is 2.57. The summed E-state index contributed by atoms with van der Waals surface area (Å²) in [7, 11) is 0. The zero-order valence-electron chi connectivity index (χ0n) is 9.99. The maximum atomic E-state index is 12.8. The van der Waals surface area contributed by atoms with E-state index in [0.717, 1.165) is 29.5 Å². The van der Waals surface area contributed by atoms with Gasteiger partial charge in [0, 0.05) is 16.0 Å². The Labute approximate surface area is 126 Å². The second-order valence-corrected chi connectivity index (χ2v) is 8.22. The van der Waals surface area contributed by atoms with Gasteiger partial charge in [0.05, 0.1) is 26.8 Å². The number of Topliss-reactive ketones (excluding diaryl/α,β-unsaturated/α-hetero) is 1. The highest BCUT2D eigenvalue weighted by atomic mass is 79.9. The molecule has 2 aromatic rings. The van der Waals surface area contributed by atoms with Crippen molar-refractivity contribution in [3.05, 3.63) is 31.9 Å². The number of rotatable bonds is 0. The van der Waals surface area contributed by atoms with Gasteiger partial charge < -0.3 is 9.47 Å². The largest absolute Gasteiger partial charge is 0.337 e. The standard InChI is InChI=1S/C13H9BrO3S2/c1-6-4-7-10(18-6)11-8(5-9(14)19-11)13(12(7)15)16-2-3-17-13/h4-5H,2-3H2,1H3. The van der Waals surface area contributed by atoms with Crippen LogP contribution in [0.2, 0.25) is 0 Å². The molecule has 3 nitrogen and oxygen atoms in total. The Morgan fingerprint density at radius 2 is 1.95 bits per heavy atom. The number of aryl methyl sites for hydroxylation is 1. The maximum absolute atomic E-state index is 12.8. The first kappa shape index (κ1) is 12.2. The summed E-state index contributed by atoms with van der Waals surface area (Å²) in [5, 5.41) is 0. The van der Waals surface area contributed by atoms with E-state index in [9.17, 15) is 4.79 Å². The van der Waals surface area contributed by atoms with Crippen molar-refractivity contribution < 1.29 is 14.3 Å². The molecule has 1 aliphatic carbocycles. The highest BCUT2D eigenvalue weighted by Gasteiger charge is 2.53. The number of ether oxygens (including phenoxy) is 2. The van der Waals surface area contributed by atoms with Gasteiger partial charge in [-0.05, 0) is 35.0 Å². The lowest BCUT2D eigenvalue weighted by Gasteiger charge is -2.29. The molecule has 4 rings (SSSR count). The van der Waals surface area contributed by atoms with Crippen LogP contribution in [0.25, 0.3) is 9.75 Å². The lowest BCUT2D eigenvalue weighted by atomic mass is 9.90. The predicted molar refractivity (Wildman–Crippen MR) is 78.0 cm³/mol. The van der Waals surface area contributed by atoms with Crippen molar-refractivity contribution in [3.8, 4) is 9.75 Å². The molecular weight excluding hydrogens is 348 g/mol. The summed E-state index contributed by atoms with van der Waals surface area (Å²) in [6.07, 6.45) is 0. The minimum absolute atomic E-state index is 0.0675. The molecule has 19 heavy (non-hydrogen) atoms. The topological polar surface area (TPSA) is 35.5 Å². The van der Waals surface area contributed by atoms with E-state index in [4.69, 9.17) is 9.47 Å². The number of thiophene rings is 2. The van der Waals surface area contributed by atoms with E-state index < -0.39 is 5.79 Å². The Morgan fingerprint density at radius 3 is 2.68 bits per heavy atom. The third kappa shape index (κ3) is 1.52. The molecule has 2 aliphatic rings. The third-order valence-electron chi connectivity index (χ3n) is 3.36. The van der Waals surface area contributed by atoms with Crippen LogP contribution in [0.5, 0.6) is 0 Å². The van der Waals surface area contributed by atoms with Gasteiger partial charge in [-0.3, -0.25) is 4.79 Å². The van der Waals surface area contributed by atoms with Gasteiger partial charge in [0.15, 0.2) is 0 Å². The zero-order chi connectivity index (χ0) is 13.2. The molecule has 6 heteroatoms.